The molecule has 7 heteroatoms. The van der Waals surface area contributed by atoms with Gasteiger partial charge >= 0.3 is 6.18 Å². The molecule has 1 N–H and O–H groups in total. The maximum Gasteiger partial charge on any atom is 0.401 e. The van der Waals surface area contributed by atoms with Crippen LogP contribution in [0.4, 0.5) is 13.2 Å². The monoisotopic (exact) mass is 262 g/mol. The maximum absolute atomic E-state index is 12.0. The summed E-state index contributed by atoms with van der Waals surface area (Å²) in [5.74, 6) is 0.589. The number of hydrogen-bond acceptors (Lipinski definition) is 3. The van der Waals surface area contributed by atoms with Crippen molar-refractivity contribution in [3.8, 4) is 0 Å². The van der Waals surface area contributed by atoms with Crippen molar-refractivity contribution in [1.29, 1.82) is 0 Å². The fraction of sp³-hybridized carbons (Fsp3) is 0.818. The van der Waals surface area contributed by atoms with Crippen LogP contribution in [0.1, 0.15) is 44.0 Å². The van der Waals surface area contributed by atoms with E-state index in [0.717, 1.165) is 25.7 Å². The molecule has 0 radical (unpaired) electrons. The first-order valence-corrected chi connectivity index (χ1v) is 6.22. The molecule has 0 saturated heterocycles. The van der Waals surface area contributed by atoms with E-state index in [1.54, 1.807) is 6.33 Å². The van der Waals surface area contributed by atoms with Gasteiger partial charge in [-0.1, -0.05) is 19.3 Å². The van der Waals surface area contributed by atoms with Gasteiger partial charge in [0.1, 0.15) is 12.2 Å². The van der Waals surface area contributed by atoms with Gasteiger partial charge in [0.05, 0.1) is 13.1 Å². The number of halogens is 3. The van der Waals surface area contributed by atoms with Crippen LogP contribution >= 0.6 is 0 Å². The molecule has 0 bridgehead atoms. The summed E-state index contributed by atoms with van der Waals surface area (Å²) in [7, 11) is 0. The number of alkyl halides is 3. The average Bonchev–Trinajstić information content (AvgIpc) is 2.77. The van der Waals surface area contributed by atoms with Gasteiger partial charge in [-0.15, -0.1) is 10.2 Å². The zero-order chi connectivity index (χ0) is 13.0. The van der Waals surface area contributed by atoms with Crippen molar-refractivity contribution in [3.63, 3.8) is 0 Å². The predicted molar refractivity (Wildman–Crippen MR) is 59.9 cm³/mol. The van der Waals surface area contributed by atoms with Crippen molar-refractivity contribution >= 4 is 0 Å². The van der Waals surface area contributed by atoms with Gasteiger partial charge < -0.3 is 9.88 Å². The van der Waals surface area contributed by atoms with Crippen LogP contribution in [0.3, 0.4) is 0 Å². The number of rotatable bonds is 4. The highest BCUT2D eigenvalue weighted by Gasteiger charge is 2.26. The molecule has 0 amide bonds. The lowest BCUT2D eigenvalue weighted by Gasteiger charge is -2.24. The highest BCUT2D eigenvalue weighted by molar-refractivity contribution is 4.90. The largest absolute Gasteiger partial charge is 0.401 e. The molecule has 1 saturated carbocycles. The summed E-state index contributed by atoms with van der Waals surface area (Å²) in [5, 5.41) is 10.1. The molecule has 1 heterocycles. The Kier molecular flexibility index (Phi) is 4.21. The third-order valence-corrected chi connectivity index (χ3v) is 3.22. The Morgan fingerprint density at radius 3 is 2.67 bits per heavy atom. The molecule has 2 rings (SSSR count). The van der Waals surface area contributed by atoms with E-state index in [0.29, 0.717) is 11.9 Å². The zero-order valence-corrected chi connectivity index (χ0v) is 10.1. The summed E-state index contributed by atoms with van der Waals surface area (Å²) in [6, 6.07) is 0.344. The first kappa shape index (κ1) is 13.3. The highest BCUT2D eigenvalue weighted by atomic mass is 19.4. The summed E-state index contributed by atoms with van der Waals surface area (Å²) in [4.78, 5) is 0. The molecule has 1 fully saturated rings. The van der Waals surface area contributed by atoms with Gasteiger partial charge in [0.25, 0.3) is 0 Å². The number of hydrogen-bond donors (Lipinski definition) is 1. The van der Waals surface area contributed by atoms with E-state index >= 15 is 0 Å². The standard InChI is InChI=1S/C11H17F3N4/c12-11(13,14)7-15-6-10-17-16-8-18(10)9-4-2-1-3-5-9/h8-9,15H,1-7H2. The van der Waals surface area contributed by atoms with Crippen molar-refractivity contribution in [2.24, 2.45) is 0 Å². The van der Waals surface area contributed by atoms with Gasteiger partial charge in [-0.25, -0.2) is 0 Å². The Labute approximate surface area is 104 Å². The summed E-state index contributed by atoms with van der Waals surface area (Å²) in [5.41, 5.74) is 0. The second-order valence-electron chi connectivity index (χ2n) is 4.67. The average molecular weight is 262 g/mol. The van der Waals surface area contributed by atoms with Gasteiger partial charge in [0.2, 0.25) is 0 Å². The third-order valence-electron chi connectivity index (χ3n) is 3.22. The quantitative estimate of drug-likeness (QED) is 0.906. The molecule has 0 spiro atoms. The van der Waals surface area contributed by atoms with Gasteiger partial charge in [0, 0.05) is 6.04 Å². The minimum Gasteiger partial charge on any atom is -0.313 e. The Morgan fingerprint density at radius 1 is 1.28 bits per heavy atom. The highest BCUT2D eigenvalue weighted by Crippen LogP contribution is 2.28. The number of nitrogens with zero attached hydrogens (tertiary/aromatic N) is 3. The van der Waals surface area contributed by atoms with E-state index in [1.807, 2.05) is 4.57 Å². The summed E-state index contributed by atoms with van der Waals surface area (Å²) in [6.45, 7) is -0.888. The Balaban J connectivity index is 1.91. The Hall–Kier alpha value is -1.11. The normalized spacial score (nSPS) is 18.2. The molecule has 1 aliphatic rings. The van der Waals surface area contributed by atoms with E-state index < -0.39 is 12.7 Å². The molecule has 0 unspecified atom stereocenters. The van der Waals surface area contributed by atoms with E-state index in [1.165, 1.54) is 6.42 Å². The van der Waals surface area contributed by atoms with E-state index in [2.05, 4.69) is 15.5 Å². The van der Waals surface area contributed by atoms with Crippen molar-refractivity contribution in [2.45, 2.75) is 50.9 Å². The first-order chi connectivity index (χ1) is 8.56. The van der Waals surface area contributed by atoms with Crippen LogP contribution in [0.5, 0.6) is 0 Å². The lowest BCUT2D eigenvalue weighted by atomic mass is 9.95. The van der Waals surface area contributed by atoms with Crippen molar-refractivity contribution in [3.05, 3.63) is 12.2 Å². The van der Waals surface area contributed by atoms with Crippen molar-refractivity contribution in [1.82, 2.24) is 20.1 Å². The van der Waals surface area contributed by atoms with Crippen LogP contribution in [0.25, 0.3) is 0 Å². The van der Waals surface area contributed by atoms with Gasteiger partial charge in [-0.2, -0.15) is 13.2 Å². The minimum absolute atomic E-state index is 0.107. The van der Waals surface area contributed by atoms with Crippen LogP contribution < -0.4 is 5.32 Å². The molecule has 1 aliphatic carbocycles. The number of aromatic nitrogens is 3. The summed E-state index contributed by atoms with van der Waals surface area (Å²) in [6.07, 6.45) is 3.13. The van der Waals surface area contributed by atoms with E-state index in [-0.39, 0.29) is 6.54 Å². The summed E-state index contributed by atoms with van der Waals surface area (Å²) < 4.78 is 38.0. The van der Waals surface area contributed by atoms with Crippen LogP contribution in [-0.4, -0.2) is 27.5 Å². The lowest BCUT2D eigenvalue weighted by Crippen LogP contribution is -2.29. The van der Waals surface area contributed by atoms with E-state index in [9.17, 15) is 13.2 Å². The molecule has 1 aromatic rings. The van der Waals surface area contributed by atoms with Crippen LogP contribution in [0, 0.1) is 0 Å². The molecule has 0 atom stereocenters. The molecule has 102 valence electrons. The topological polar surface area (TPSA) is 42.7 Å². The molecular weight excluding hydrogens is 245 g/mol. The Morgan fingerprint density at radius 2 is 2.00 bits per heavy atom. The van der Waals surface area contributed by atoms with Gasteiger partial charge in [-0.05, 0) is 12.8 Å². The smallest absolute Gasteiger partial charge is 0.313 e. The van der Waals surface area contributed by atoms with Crippen LogP contribution in [-0.2, 0) is 6.54 Å². The minimum atomic E-state index is -4.18. The maximum atomic E-state index is 12.0. The molecule has 0 aromatic carbocycles. The molecule has 18 heavy (non-hydrogen) atoms. The van der Waals surface area contributed by atoms with Crippen LogP contribution in [0.2, 0.25) is 0 Å². The van der Waals surface area contributed by atoms with Gasteiger partial charge in [0.15, 0.2) is 0 Å². The predicted octanol–water partition coefficient (Wildman–Crippen LogP) is 2.44. The second-order valence-corrected chi connectivity index (χ2v) is 4.67. The van der Waals surface area contributed by atoms with Crippen LogP contribution in [0.15, 0.2) is 6.33 Å². The van der Waals surface area contributed by atoms with Crippen molar-refractivity contribution in [2.75, 3.05) is 6.54 Å². The Bertz CT molecular complexity index is 369. The third kappa shape index (κ3) is 3.69. The lowest BCUT2D eigenvalue weighted by molar-refractivity contribution is -0.125. The second kappa shape index (κ2) is 5.69. The molecule has 1 aromatic heterocycles. The molecule has 4 nitrogen and oxygen atoms in total. The summed E-state index contributed by atoms with van der Waals surface area (Å²) >= 11 is 0. The number of nitrogens with one attached hydrogen (secondary N) is 1. The van der Waals surface area contributed by atoms with Gasteiger partial charge in [-0.3, -0.25) is 0 Å². The molecule has 0 aliphatic heterocycles. The van der Waals surface area contributed by atoms with E-state index in [4.69, 9.17) is 0 Å². The molecular formula is C11H17F3N4. The fourth-order valence-corrected chi connectivity index (χ4v) is 2.37. The first-order valence-electron chi connectivity index (χ1n) is 6.22. The SMILES string of the molecule is FC(F)(F)CNCc1nncn1C1CCCCC1. The van der Waals surface area contributed by atoms with Crippen molar-refractivity contribution < 1.29 is 13.2 Å². The fourth-order valence-electron chi connectivity index (χ4n) is 2.37. The zero-order valence-electron chi connectivity index (χ0n) is 10.1.